The van der Waals surface area contributed by atoms with E-state index >= 15 is 0 Å². The molecule has 2 aliphatic heterocycles. The summed E-state index contributed by atoms with van der Waals surface area (Å²) in [4.78, 5) is 14.6. The lowest BCUT2D eigenvalue weighted by Gasteiger charge is -2.41. The Balaban J connectivity index is 1.36. The van der Waals surface area contributed by atoms with Crippen molar-refractivity contribution in [1.82, 2.24) is 4.90 Å². The highest BCUT2D eigenvalue weighted by Gasteiger charge is 2.35. The van der Waals surface area contributed by atoms with Gasteiger partial charge in [0.05, 0.1) is 6.42 Å². The third kappa shape index (κ3) is 3.93. The van der Waals surface area contributed by atoms with Gasteiger partial charge in [0.15, 0.2) is 11.5 Å². The summed E-state index contributed by atoms with van der Waals surface area (Å²) in [6.45, 7) is 1.78. The molecule has 2 aromatic rings. The maximum absolute atomic E-state index is 12.7. The molecule has 0 atom stereocenters. The van der Waals surface area contributed by atoms with Crippen LogP contribution in [0.1, 0.15) is 24.0 Å². The van der Waals surface area contributed by atoms with Crippen LogP contribution in [-0.4, -0.2) is 42.4 Å². The quantitative estimate of drug-likeness (QED) is 0.883. The summed E-state index contributed by atoms with van der Waals surface area (Å²) in [7, 11) is 0. The van der Waals surface area contributed by atoms with E-state index in [4.69, 9.17) is 9.47 Å². The lowest BCUT2D eigenvalue weighted by molar-refractivity contribution is -0.133. The Hall–Kier alpha value is -2.53. The largest absolute Gasteiger partial charge is 0.454 e. The van der Waals surface area contributed by atoms with Crippen LogP contribution in [0.5, 0.6) is 11.5 Å². The third-order valence-electron chi connectivity index (χ3n) is 5.73. The van der Waals surface area contributed by atoms with Crippen molar-refractivity contribution in [3.8, 4) is 11.5 Å². The van der Waals surface area contributed by atoms with Gasteiger partial charge in [-0.05, 0) is 42.5 Å². The summed E-state index contributed by atoms with van der Waals surface area (Å²) in [5.41, 5.74) is 2.05. The average molecular weight is 367 g/mol. The summed E-state index contributed by atoms with van der Waals surface area (Å²) >= 11 is 0. The van der Waals surface area contributed by atoms with Crippen molar-refractivity contribution in [3.63, 3.8) is 0 Å². The highest BCUT2D eigenvalue weighted by Crippen LogP contribution is 2.36. The van der Waals surface area contributed by atoms with Crippen molar-refractivity contribution >= 4 is 5.91 Å². The summed E-state index contributed by atoms with van der Waals surface area (Å²) in [5, 5.41) is 10.0. The zero-order valence-electron chi connectivity index (χ0n) is 15.4. The van der Waals surface area contributed by atoms with Crippen LogP contribution in [0.15, 0.2) is 48.5 Å². The van der Waals surface area contributed by atoms with E-state index in [-0.39, 0.29) is 24.7 Å². The Kier molecular flexibility index (Phi) is 5.03. The Bertz CT molecular complexity index is 797. The van der Waals surface area contributed by atoms with E-state index in [1.54, 1.807) is 0 Å². The van der Waals surface area contributed by atoms with Crippen LogP contribution >= 0.6 is 0 Å². The van der Waals surface area contributed by atoms with Crippen LogP contribution in [0.4, 0.5) is 0 Å². The first-order valence-electron chi connectivity index (χ1n) is 9.49. The highest BCUT2D eigenvalue weighted by molar-refractivity contribution is 5.79. The van der Waals surface area contributed by atoms with Crippen LogP contribution in [-0.2, 0) is 17.6 Å². The fourth-order valence-electron chi connectivity index (χ4n) is 3.99. The Morgan fingerprint density at radius 3 is 2.48 bits per heavy atom. The molecule has 2 aliphatic rings. The first kappa shape index (κ1) is 17.9. The maximum Gasteiger partial charge on any atom is 0.231 e. The van der Waals surface area contributed by atoms with E-state index in [2.05, 4.69) is 12.1 Å². The molecule has 0 saturated carbocycles. The summed E-state index contributed by atoms with van der Waals surface area (Å²) in [6.07, 6.45) is 2.87. The molecule has 1 saturated heterocycles. The topological polar surface area (TPSA) is 59.0 Å². The molecule has 2 heterocycles. The van der Waals surface area contributed by atoms with Gasteiger partial charge in [0.1, 0.15) is 0 Å². The number of benzene rings is 2. The van der Waals surface area contributed by atoms with Crippen molar-refractivity contribution in [2.75, 3.05) is 26.5 Å². The number of carbonyl (C=O) groups excluding carboxylic acids is 1. The second-order valence-electron chi connectivity index (χ2n) is 7.57. The SMILES string of the molecule is O=C(Cc1ccc2c(c1)OCO2)N1CCC(CO)(Cc2ccccc2)CC1. The number of rotatable bonds is 5. The van der Waals surface area contributed by atoms with E-state index in [1.807, 2.05) is 41.3 Å². The molecule has 0 bridgehead atoms. The summed E-state index contributed by atoms with van der Waals surface area (Å²) in [6, 6.07) is 15.9. The predicted molar refractivity (Wildman–Crippen MR) is 102 cm³/mol. The second kappa shape index (κ2) is 7.61. The number of aliphatic hydroxyl groups excluding tert-OH is 1. The number of fused-ring (bicyclic) bond motifs is 1. The van der Waals surface area contributed by atoms with Crippen molar-refractivity contribution in [2.24, 2.45) is 5.41 Å². The molecule has 1 amide bonds. The first-order valence-corrected chi connectivity index (χ1v) is 9.49. The van der Waals surface area contributed by atoms with E-state index < -0.39 is 0 Å². The molecular weight excluding hydrogens is 342 g/mol. The van der Waals surface area contributed by atoms with Gasteiger partial charge in [0, 0.05) is 25.1 Å². The minimum atomic E-state index is -0.128. The molecule has 1 N–H and O–H groups in total. The number of hydrogen-bond donors (Lipinski definition) is 1. The molecule has 5 heteroatoms. The van der Waals surface area contributed by atoms with Crippen LogP contribution < -0.4 is 9.47 Å². The van der Waals surface area contributed by atoms with Gasteiger partial charge in [0.25, 0.3) is 0 Å². The number of nitrogens with zero attached hydrogens (tertiary/aromatic N) is 1. The summed E-state index contributed by atoms with van der Waals surface area (Å²) in [5.74, 6) is 1.57. The van der Waals surface area contributed by atoms with Gasteiger partial charge in [0.2, 0.25) is 12.7 Å². The normalized spacial score (nSPS) is 17.7. The molecule has 0 aliphatic carbocycles. The lowest BCUT2D eigenvalue weighted by Crippen LogP contribution is -2.46. The second-order valence-corrected chi connectivity index (χ2v) is 7.57. The number of carbonyl (C=O) groups is 1. The van der Waals surface area contributed by atoms with Gasteiger partial charge < -0.3 is 19.5 Å². The van der Waals surface area contributed by atoms with Crippen LogP contribution in [0, 0.1) is 5.41 Å². The zero-order chi connectivity index (χ0) is 18.7. The molecule has 0 unspecified atom stereocenters. The number of amides is 1. The smallest absolute Gasteiger partial charge is 0.231 e. The van der Waals surface area contributed by atoms with Crippen molar-refractivity contribution < 1.29 is 19.4 Å². The minimum absolute atomic E-state index is 0.125. The fourth-order valence-corrected chi connectivity index (χ4v) is 3.99. The Morgan fingerprint density at radius 2 is 1.74 bits per heavy atom. The van der Waals surface area contributed by atoms with Gasteiger partial charge >= 0.3 is 0 Å². The number of aliphatic hydroxyl groups is 1. The number of likely N-dealkylation sites (tertiary alicyclic amines) is 1. The monoisotopic (exact) mass is 367 g/mol. The van der Waals surface area contributed by atoms with Crippen molar-refractivity contribution in [2.45, 2.75) is 25.7 Å². The molecule has 2 aromatic carbocycles. The lowest BCUT2D eigenvalue weighted by atomic mass is 9.74. The van der Waals surface area contributed by atoms with E-state index in [1.165, 1.54) is 5.56 Å². The van der Waals surface area contributed by atoms with Crippen LogP contribution in [0.3, 0.4) is 0 Å². The van der Waals surface area contributed by atoms with Gasteiger partial charge in [-0.15, -0.1) is 0 Å². The minimum Gasteiger partial charge on any atom is -0.454 e. The van der Waals surface area contributed by atoms with Crippen LogP contribution in [0.25, 0.3) is 0 Å². The zero-order valence-corrected chi connectivity index (χ0v) is 15.4. The third-order valence-corrected chi connectivity index (χ3v) is 5.73. The molecule has 0 radical (unpaired) electrons. The highest BCUT2D eigenvalue weighted by atomic mass is 16.7. The molecule has 0 aromatic heterocycles. The standard InChI is InChI=1S/C22H25NO4/c24-15-22(14-17-4-2-1-3-5-17)8-10-23(11-9-22)21(25)13-18-6-7-19-20(12-18)27-16-26-19/h1-7,12,24H,8-11,13-16H2. The predicted octanol–water partition coefficient (Wildman–Crippen LogP) is 2.80. The van der Waals surface area contributed by atoms with E-state index in [0.717, 1.165) is 30.6 Å². The number of ether oxygens (including phenoxy) is 2. The first-order chi connectivity index (χ1) is 13.2. The van der Waals surface area contributed by atoms with Gasteiger partial charge in [-0.1, -0.05) is 36.4 Å². The maximum atomic E-state index is 12.7. The number of piperidine rings is 1. The van der Waals surface area contributed by atoms with E-state index in [9.17, 15) is 9.90 Å². The molecule has 142 valence electrons. The molecule has 5 nitrogen and oxygen atoms in total. The molecule has 27 heavy (non-hydrogen) atoms. The van der Waals surface area contributed by atoms with Gasteiger partial charge in [-0.2, -0.15) is 0 Å². The van der Waals surface area contributed by atoms with Gasteiger partial charge in [-0.3, -0.25) is 4.79 Å². The summed E-state index contributed by atoms with van der Waals surface area (Å²) < 4.78 is 10.7. The molecule has 1 fully saturated rings. The molecule has 0 spiro atoms. The van der Waals surface area contributed by atoms with Crippen molar-refractivity contribution in [1.29, 1.82) is 0 Å². The van der Waals surface area contributed by atoms with Crippen molar-refractivity contribution in [3.05, 3.63) is 59.7 Å². The Labute approximate surface area is 159 Å². The molecular formula is C22H25NO4. The average Bonchev–Trinajstić information content (AvgIpc) is 3.17. The fraction of sp³-hybridized carbons (Fsp3) is 0.409. The molecule has 4 rings (SSSR count). The van der Waals surface area contributed by atoms with Gasteiger partial charge in [-0.25, -0.2) is 0 Å². The number of hydrogen-bond acceptors (Lipinski definition) is 4. The Morgan fingerprint density at radius 1 is 1.00 bits per heavy atom. The van der Waals surface area contributed by atoms with E-state index in [0.29, 0.717) is 25.3 Å². The van der Waals surface area contributed by atoms with Crippen LogP contribution in [0.2, 0.25) is 0 Å².